The fourth-order valence-electron chi connectivity index (χ4n) is 3.91. The lowest BCUT2D eigenvalue weighted by Crippen LogP contribution is -2.31. The summed E-state index contributed by atoms with van der Waals surface area (Å²) in [6.07, 6.45) is 4.60. The summed E-state index contributed by atoms with van der Waals surface area (Å²) in [6.45, 7) is 0.587. The average molecular weight is 465 g/mol. The Bertz CT molecular complexity index is 1150. The second-order valence-electron chi connectivity index (χ2n) is 8.02. The van der Waals surface area contributed by atoms with Gasteiger partial charge in [-0.2, -0.15) is 0 Å². The van der Waals surface area contributed by atoms with Gasteiger partial charge in [0.1, 0.15) is 29.5 Å². The molecule has 4 rings (SSSR count). The Morgan fingerprint density at radius 3 is 2.53 bits per heavy atom. The van der Waals surface area contributed by atoms with Crippen molar-refractivity contribution < 1.29 is 23.8 Å². The zero-order valence-electron chi connectivity index (χ0n) is 19.4. The number of hydrogen-bond donors (Lipinski definition) is 2. The SMILES string of the molecule is COc1cc(OC)cc(C(NC(=O)c2cccc(NC(=O)C3CCCO3)c2)c2nccn2C)c1. The van der Waals surface area contributed by atoms with Crippen LogP contribution in [0.3, 0.4) is 0 Å². The maximum absolute atomic E-state index is 13.3. The summed E-state index contributed by atoms with van der Waals surface area (Å²) in [5.41, 5.74) is 1.69. The Balaban J connectivity index is 1.59. The molecule has 2 unspecified atom stereocenters. The first-order valence-electron chi connectivity index (χ1n) is 11.0. The number of amides is 2. The molecule has 2 aromatic carbocycles. The van der Waals surface area contributed by atoms with Crippen molar-refractivity contribution in [1.82, 2.24) is 14.9 Å². The molecular weight excluding hydrogens is 436 g/mol. The first-order chi connectivity index (χ1) is 16.5. The number of methoxy groups -OCH3 is 2. The molecule has 0 bridgehead atoms. The summed E-state index contributed by atoms with van der Waals surface area (Å²) in [5, 5.41) is 5.90. The minimum absolute atomic E-state index is 0.204. The van der Waals surface area contributed by atoms with Gasteiger partial charge in [0.2, 0.25) is 0 Å². The molecule has 1 saturated heterocycles. The maximum atomic E-state index is 13.3. The smallest absolute Gasteiger partial charge is 0.253 e. The lowest BCUT2D eigenvalue weighted by molar-refractivity contribution is -0.124. The van der Waals surface area contributed by atoms with Gasteiger partial charge in [-0.3, -0.25) is 9.59 Å². The van der Waals surface area contributed by atoms with Crippen LogP contribution in [0.4, 0.5) is 5.69 Å². The molecule has 2 atom stereocenters. The molecule has 1 aliphatic rings. The first kappa shape index (κ1) is 23.3. The van der Waals surface area contributed by atoms with Gasteiger partial charge >= 0.3 is 0 Å². The number of aromatic nitrogens is 2. The number of anilines is 1. The zero-order chi connectivity index (χ0) is 24.1. The van der Waals surface area contributed by atoms with E-state index in [4.69, 9.17) is 14.2 Å². The number of carbonyl (C=O) groups is 2. The molecule has 0 saturated carbocycles. The molecule has 0 aliphatic carbocycles. The fraction of sp³-hybridized carbons (Fsp3) is 0.320. The Kier molecular flexibility index (Phi) is 7.12. The van der Waals surface area contributed by atoms with Crippen LogP contribution in [0.5, 0.6) is 11.5 Å². The van der Waals surface area contributed by atoms with E-state index in [1.165, 1.54) is 0 Å². The summed E-state index contributed by atoms with van der Waals surface area (Å²) < 4.78 is 18.1. The van der Waals surface area contributed by atoms with E-state index in [2.05, 4.69) is 15.6 Å². The van der Waals surface area contributed by atoms with E-state index in [1.54, 1.807) is 50.7 Å². The van der Waals surface area contributed by atoms with Crippen LogP contribution in [-0.4, -0.2) is 48.3 Å². The van der Waals surface area contributed by atoms with Crippen molar-refractivity contribution in [3.8, 4) is 11.5 Å². The van der Waals surface area contributed by atoms with Crippen molar-refractivity contribution in [2.75, 3.05) is 26.1 Å². The van der Waals surface area contributed by atoms with E-state index in [0.29, 0.717) is 41.6 Å². The predicted octanol–water partition coefficient (Wildman–Crippen LogP) is 3.07. The molecule has 3 aromatic rings. The Morgan fingerprint density at radius 1 is 1.15 bits per heavy atom. The minimum Gasteiger partial charge on any atom is -0.497 e. The average Bonchev–Trinajstić information content (AvgIpc) is 3.54. The van der Waals surface area contributed by atoms with Gasteiger partial charge in [0.25, 0.3) is 11.8 Å². The van der Waals surface area contributed by atoms with Gasteiger partial charge in [-0.25, -0.2) is 4.98 Å². The zero-order valence-corrected chi connectivity index (χ0v) is 19.4. The van der Waals surface area contributed by atoms with Crippen molar-refractivity contribution in [1.29, 1.82) is 0 Å². The third-order valence-electron chi connectivity index (χ3n) is 5.71. The van der Waals surface area contributed by atoms with E-state index < -0.39 is 12.1 Å². The maximum Gasteiger partial charge on any atom is 0.253 e. The Labute approximate surface area is 198 Å². The highest BCUT2D eigenvalue weighted by atomic mass is 16.5. The van der Waals surface area contributed by atoms with Crippen LogP contribution < -0.4 is 20.1 Å². The number of nitrogens with zero attached hydrogens (tertiary/aromatic N) is 2. The van der Waals surface area contributed by atoms with Crippen molar-refractivity contribution in [3.63, 3.8) is 0 Å². The number of aryl methyl sites for hydroxylation is 1. The molecule has 1 fully saturated rings. The van der Waals surface area contributed by atoms with Crippen molar-refractivity contribution in [2.45, 2.75) is 25.0 Å². The highest BCUT2D eigenvalue weighted by molar-refractivity contribution is 5.98. The molecule has 1 aliphatic heterocycles. The third kappa shape index (κ3) is 5.20. The van der Waals surface area contributed by atoms with Crippen LogP contribution in [0.2, 0.25) is 0 Å². The van der Waals surface area contributed by atoms with Crippen LogP contribution in [0.1, 0.15) is 40.6 Å². The number of nitrogens with one attached hydrogen (secondary N) is 2. The molecule has 2 amide bonds. The number of hydrogen-bond acceptors (Lipinski definition) is 6. The lowest BCUT2D eigenvalue weighted by Gasteiger charge is -2.21. The van der Waals surface area contributed by atoms with Gasteiger partial charge in [0.05, 0.1) is 14.2 Å². The monoisotopic (exact) mass is 464 g/mol. The van der Waals surface area contributed by atoms with E-state index in [1.807, 2.05) is 29.9 Å². The topological polar surface area (TPSA) is 104 Å². The van der Waals surface area contributed by atoms with E-state index in [9.17, 15) is 9.59 Å². The van der Waals surface area contributed by atoms with E-state index >= 15 is 0 Å². The van der Waals surface area contributed by atoms with Gasteiger partial charge in [-0.15, -0.1) is 0 Å². The van der Waals surface area contributed by atoms with E-state index in [-0.39, 0.29) is 11.8 Å². The minimum atomic E-state index is -0.568. The molecule has 0 spiro atoms. The predicted molar refractivity (Wildman–Crippen MR) is 126 cm³/mol. The van der Waals surface area contributed by atoms with Crippen LogP contribution in [0, 0.1) is 0 Å². The molecule has 2 heterocycles. The first-order valence-corrected chi connectivity index (χ1v) is 11.0. The Morgan fingerprint density at radius 2 is 1.91 bits per heavy atom. The molecule has 1 aromatic heterocycles. The second kappa shape index (κ2) is 10.4. The van der Waals surface area contributed by atoms with Crippen LogP contribution in [0.15, 0.2) is 54.9 Å². The fourth-order valence-corrected chi connectivity index (χ4v) is 3.91. The largest absolute Gasteiger partial charge is 0.497 e. The number of ether oxygens (including phenoxy) is 3. The number of rotatable bonds is 8. The van der Waals surface area contributed by atoms with Crippen LogP contribution in [0.25, 0.3) is 0 Å². The van der Waals surface area contributed by atoms with Gasteiger partial charge < -0.3 is 29.4 Å². The molecule has 0 radical (unpaired) electrons. The summed E-state index contributed by atoms with van der Waals surface area (Å²) in [6, 6.07) is 11.7. The van der Waals surface area contributed by atoms with Gasteiger partial charge in [-0.1, -0.05) is 6.07 Å². The Hall–Kier alpha value is -3.85. The summed E-state index contributed by atoms with van der Waals surface area (Å²) in [5.74, 6) is 1.32. The summed E-state index contributed by atoms with van der Waals surface area (Å²) >= 11 is 0. The molecule has 178 valence electrons. The molecule has 9 heteroatoms. The summed E-state index contributed by atoms with van der Waals surface area (Å²) in [7, 11) is 5.01. The van der Waals surface area contributed by atoms with Gasteiger partial charge in [0, 0.05) is 43.4 Å². The lowest BCUT2D eigenvalue weighted by atomic mass is 10.0. The number of carbonyl (C=O) groups excluding carboxylic acids is 2. The van der Waals surface area contributed by atoms with Gasteiger partial charge in [0.15, 0.2) is 0 Å². The second-order valence-corrected chi connectivity index (χ2v) is 8.02. The van der Waals surface area contributed by atoms with E-state index in [0.717, 1.165) is 12.0 Å². The van der Waals surface area contributed by atoms with Crippen LogP contribution >= 0.6 is 0 Å². The quantitative estimate of drug-likeness (QED) is 0.531. The molecular formula is C25H28N4O5. The highest BCUT2D eigenvalue weighted by Crippen LogP contribution is 2.30. The van der Waals surface area contributed by atoms with Crippen molar-refractivity contribution >= 4 is 17.5 Å². The van der Waals surface area contributed by atoms with Crippen molar-refractivity contribution in [3.05, 3.63) is 71.8 Å². The summed E-state index contributed by atoms with van der Waals surface area (Å²) in [4.78, 5) is 30.1. The molecule has 9 nitrogen and oxygen atoms in total. The molecule has 34 heavy (non-hydrogen) atoms. The standard InChI is InChI=1S/C25H28N4O5/c1-29-10-9-26-23(29)22(17-13-19(32-2)15-20(14-17)33-3)28-24(30)16-6-4-7-18(12-16)27-25(31)21-8-5-11-34-21/h4,6-7,9-10,12-15,21-22H,5,8,11H2,1-3H3,(H,27,31)(H,28,30). The van der Waals surface area contributed by atoms with Gasteiger partial charge in [-0.05, 0) is 48.7 Å². The number of benzene rings is 2. The third-order valence-corrected chi connectivity index (χ3v) is 5.71. The van der Waals surface area contributed by atoms with Crippen LogP contribution in [-0.2, 0) is 16.6 Å². The normalized spacial score (nSPS) is 16.0. The highest BCUT2D eigenvalue weighted by Gasteiger charge is 2.25. The molecule has 2 N–H and O–H groups in total. The van der Waals surface area contributed by atoms with Crippen molar-refractivity contribution in [2.24, 2.45) is 7.05 Å². The number of imidazole rings is 1.